The van der Waals surface area contributed by atoms with E-state index >= 15 is 4.39 Å². The van der Waals surface area contributed by atoms with Crippen LogP contribution < -0.4 is 23.7 Å². The summed E-state index contributed by atoms with van der Waals surface area (Å²) in [6.45, 7) is 2.83. The van der Waals surface area contributed by atoms with Gasteiger partial charge < -0.3 is 23.7 Å². The fourth-order valence-electron chi connectivity index (χ4n) is 6.31. The molecule has 0 aliphatic heterocycles. The van der Waals surface area contributed by atoms with Crippen LogP contribution in [0.2, 0.25) is 0 Å². The van der Waals surface area contributed by atoms with Crippen LogP contribution in [0.3, 0.4) is 0 Å². The Kier molecular flexibility index (Phi) is 18.1. The van der Waals surface area contributed by atoms with E-state index < -0.39 is 29.7 Å². The Balaban J connectivity index is 1.01. The van der Waals surface area contributed by atoms with Crippen molar-refractivity contribution < 1.29 is 47.3 Å². The summed E-state index contributed by atoms with van der Waals surface area (Å²) in [6.07, 6.45) is 16.6. The molecule has 0 radical (unpaired) electrons. The fourth-order valence-corrected chi connectivity index (χ4v) is 6.31. The Bertz CT molecular complexity index is 2250. The van der Waals surface area contributed by atoms with Gasteiger partial charge in [0.1, 0.15) is 23.0 Å². The third-order valence-corrected chi connectivity index (χ3v) is 9.75. The molecule has 5 aromatic carbocycles. The van der Waals surface area contributed by atoms with Gasteiger partial charge in [-0.2, -0.15) is 5.26 Å². The number of nitrogens with zero attached hydrogens (tertiary/aromatic N) is 1. The zero-order valence-electron chi connectivity index (χ0n) is 34.4. The summed E-state index contributed by atoms with van der Waals surface area (Å²) in [5, 5.41) is 8.92. The number of carbonyl (C=O) groups is 4. The van der Waals surface area contributed by atoms with E-state index in [0.29, 0.717) is 17.9 Å². The highest BCUT2D eigenvalue weighted by Crippen LogP contribution is 2.24. The molecule has 0 aliphatic rings. The number of halogens is 1. The number of hydrogen-bond acceptors (Lipinski definition) is 10. The SMILES string of the molecule is CCCCCCCCCCCCCCCOc1ccc(C(=O)Oc2ccc(C(=O)Oc3cccc(C(=O)Oc4ccc(C(=O)Oc5ccc(C#N)cc5)cc4)c3)cc2F)cc1. The smallest absolute Gasteiger partial charge is 0.343 e. The lowest BCUT2D eigenvalue weighted by atomic mass is 10.0. The zero-order chi connectivity index (χ0) is 43.2. The molecule has 0 atom stereocenters. The van der Waals surface area contributed by atoms with E-state index in [0.717, 1.165) is 25.0 Å². The van der Waals surface area contributed by atoms with Crippen LogP contribution in [-0.2, 0) is 0 Å². The van der Waals surface area contributed by atoms with Gasteiger partial charge in [0.05, 0.1) is 40.5 Å². The van der Waals surface area contributed by atoms with Gasteiger partial charge in [0.15, 0.2) is 11.6 Å². The third-order valence-electron chi connectivity index (χ3n) is 9.75. The lowest BCUT2D eigenvalue weighted by Gasteiger charge is -2.10. The molecule has 0 aliphatic carbocycles. The molecule has 0 aromatic heterocycles. The molecule has 5 aromatic rings. The molecule has 5 rings (SSSR count). The summed E-state index contributed by atoms with van der Waals surface area (Å²) in [7, 11) is 0. The maximum atomic E-state index is 15.0. The van der Waals surface area contributed by atoms with E-state index in [1.165, 1.54) is 149 Å². The molecule has 0 fully saturated rings. The third kappa shape index (κ3) is 15.1. The Morgan fingerprint density at radius 3 is 1.46 bits per heavy atom. The van der Waals surface area contributed by atoms with Crippen LogP contribution in [0, 0.1) is 17.1 Å². The van der Waals surface area contributed by atoms with Gasteiger partial charge in [-0.3, -0.25) is 0 Å². The van der Waals surface area contributed by atoms with Gasteiger partial charge in [-0.15, -0.1) is 0 Å². The summed E-state index contributed by atoms with van der Waals surface area (Å²) in [5.41, 5.74) is 0.722. The first kappa shape index (κ1) is 45.3. The highest BCUT2D eigenvalue weighted by Gasteiger charge is 2.18. The summed E-state index contributed by atoms with van der Waals surface area (Å²) in [4.78, 5) is 51.1. The minimum atomic E-state index is -0.952. The lowest BCUT2D eigenvalue weighted by molar-refractivity contribution is 0.0711. The van der Waals surface area contributed by atoms with Gasteiger partial charge in [-0.25, -0.2) is 23.6 Å². The largest absolute Gasteiger partial charge is 0.494 e. The van der Waals surface area contributed by atoms with E-state index in [9.17, 15) is 19.2 Å². The van der Waals surface area contributed by atoms with Crippen LogP contribution in [0.1, 0.15) is 137 Å². The molecule has 10 nitrogen and oxygen atoms in total. The average molecular weight is 828 g/mol. The molecule has 0 heterocycles. The monoisotopic (exact) mass is 827 g/mol. The number of rotatable bonds is 23. The van der Waals surface area contributed by atoms with E-state index in [-0.39, 0.29) is 45.3 Å². The Morgan fingerprint density at radius 1 is 0.475 bits per heavy atom. The van der Waals surface area contributed by atoms with E-state index in [2.05, 4.69) is 6.92 Å². The molecule has 0 saturated heterocycles. The van der Waals surface area contributed by atoms with Gasteiger partial charge in [0.2, 0.25) is 0 Å². The van der Waals surface area contributed by atoms with Gasteiger partial charge in [0.25, 0.3) is 0 Å². The van der Waals surface area contributed by atoms with Gasteiger partial charge in [-0.1, -0.05) is 90.0 Å². The van der Waals surface area contributed by atoms with Crippen molar-refractivity contribution in [3.05, 3.63) is 149 Å². The standard InChI is InChI=1S/C50H50FNO9/c1-2-3-4-5-6-7-8-9-10-11-12-13-14-32-57-41-27-20-38(21-28-41)48(54)61-46-31-24-40(34-45(46)51)50(56)60-44-17-15-16-39(33-44)49(55)59-43-29-22-37(23-30-43)47(53)58-42-25-18-36(35-52)19-26-42/h15-31,33-34H,2-14,32H2,1H3. The molecule has 0 spiro atoms. The van der Waals surface area contributed by atoms with Crippen LogP contribution in [0.5, 0.6) is 28.7 Å². The topological polar surface area (TPSA) is 138 Å². The molecule has 0 amide bonds. The van der Waals surface area contributed by atoms with E-state index in [1.807, 2.05) is 6.07 Å². The first-order valence-electron chi connectivity index (χ1n) is 20.8. The predicted molar refractivity (Wildman–Crippen MR) is 228 cm³/mol. The number of carbonyl (C=O) groups excluding carboxylic acids is 4. The molecule has 0 unspecified atom stereocenters. The van der Waals surface area contributed by atoms with Crippen molar-refractivity contribution in [2.45, 2.75) is 90.4 Å². The number of unbranched alkanes of at least 4 members (excludes halogenated alkanes) is 12. The van der Waals surface area contributed by atoms with Crippen LogP contribution in [0.25, 0.3) is 0 Å². The van der Waals surface area contributed by atoms with Gasteiger partial charge in [0, 0.05) is 0 Å². The molecule has 0 bridgehead atoms. The van der Waals surface area contributed by atoms with Crippen molar-refractivity contribution >= 4 is 23.9 Å². The Labute approximate surface area is 356 Å². The van der Waals surface area contributed by atoms with Crippen LogP contribution in [-0.4, -0.2) is 30.5 Å². The normalized spacial score (nSPS) is 10.6. The van der Waals surface area contributed by atoms with Crippen LogP contribution >= 0.6 is 0 Å². The lowest BCUT2D eigenvalue weighted by Crippen LogP contribution is -2.13. The second-order valence-corrected chi connectivity index (χ2v) is 14.5. The Morgan fingerprint density at radius 2 is 0.918 bits per heavy atom. The summed E-state index contributed by atoms with van der Waals surface area (Å²) in [6, 6.07) is 29.1. The quantitative estimate of drug-likeness (QED) is 0.0355. The van der Waals surface area contributed by atoms with Crippen molar-refractivity contribution in [2.24, 2.45) is 0 Å². The zero-order valence-corrected chi connectivity index (χ0v) is 34.4. The molecular weight excluding hydrogens is 778 g/mol. The summed E-state index contributed by atoms with van der Waals surface area (Å²) in [5.74, 6) is -3.41. The van der Waals surface area contributed by atoms with Crippen molar-refractivity contribution in [3.63, 3.8) is 0 Å². The van der Waals surface area contributed by atoms with Gasteiger partial charge in [-0.05, 0) is 116 Å². The minimum absolute atomic E-state index is 0.00645. The highest BCUT2D eigenvalue weighted by molar-refractivity contribution is 5.95. The van der Waals surface area contributed by atoms with E-state index in [4.69, 9.17) is 28.9 Å². The summed E-state index contributed by atoms with van der Waals surface area (Å²) >= 11 is 0. The Hall–Kier alpha value is -6.80. The maximum absolute atomic E-state index is 15.0. The first-order valence-corrected chi connectivity index (χ1v) is 20.8. The second-order valence-electron chi connectivity index (χ2n) is 14.5. The van der Waals surface area contributed by atoms with Gasteiger partial charge >= 0.3 is 23.9 Å². The van der Waals surface area contributed by atoms with Crippen molar-refractivity contribution in [3.8, 4) is 34.8 Å². The molecule has 61 heavy (non-hydrogen) atoms. The van der Waals surface area contributed by atoms with Crippen molar-refractivity contribution in [1.29, 1.82) is 5.26 Å². The molecular formula is C50H50FNO9. The predicted octanol–water partition coefficient (Wildman–Crippen LogP) is 12.0. The van der Waals surface area contributed by atoms with Crippen LogP contribution in [0.15, 0.2) is 115 Å². The molecule has 0 saturated carbocycles. The summed E-state index contributed by atoms with van der Waals surface area (Å²) < 4.78 is 42.2. The molecule has 316 valence electrons. The van der Waals surface area contributed by atoms with Crippen molar-refractivity contribution in [1.82, 2.24) is 0 Å². The van der Waals surface area contributed by atoms with Crippen LogP contribution in [0.4, 0.5) is 4.39 Å². The van der Waals surface area contributed by atoms with Crippen molar-refractivity contribution in [2.75, 3.05) is 6.61 Å². The number of nitriles is 1. The molecule has 11 heteroatoms. The minimum Gasteiger partial charge on any atom is -0.494 e. The fraction of sp³-hybridized carbons (Fsp3) is 0.300. The second kappa shape index (κ2) is 24.3. The number of ether oxygens (including phenoxy) is 5. The average Bonchev–Trinajstić information content (AvgIpc) is 3.28. The number of esters is 4. The van der Waals surface area contributed by atoms with E-state index in [1.54, 1.807) is 24.3 Å². The number of hydrogen-bond donors (Lipinski definition) is 0. The first-order chi connectivity index (χ1) is 29.7. The maximum Gasteiger partial charge on any atom is 0.343 e. The highest BCUT2D eigenvalue weighted by atomic mass is 19.1. The molecule has 0 N–H and O–H groups in total. The number of benzene rings is 5.